The Hall–Kier alpha value is -1.26. The lowest BCUT2D eigenvalue weighted by Crippen LogP contribution is -2.48. The molecule has 0 bridgehead atoms. The molecule has 0 radical (unpaired) electrons. The number of benzene rings is 1. The van der Waals surface area contributed by atoms with E-state index >= 15 is 0 Å². The first-order valence-electron chi connectivity index (χ1n) is 6.06. The maximum absolute atomic E-state index is 11.9. The Morgan fingerprint density at radius 3 is 2.63 bits per heavy atom. The molecule has 19 heavy (non-hydrogen) atoms. The lowest BCUT2D eigenvalue weighted by Gasteiger charge is -2.22. The molecule has 0 unspecified atom stereocenters. The van der Waals surface area contributed by atoms with E-state index in [1.165, 1.54) is 0 Å². The first-order chi connectivity index (χ1) is 9.04. The second-order valence-electron chi connectivity index (χ2n) is 4.51. The van der Waals surface area contributed by atoms with Crippen LogP contribution in [-0.2, 0) is 16.1 Å². The van der Waals surface area contributed by atoms with Crippen LogP contribution in [0.15, 0.2) is 18.2 Å². The van der Waals surface area contributed by atoms with Crippen LogP contribution >= 0.6 is 23.2 Å². The number of carbonyl (C=O) groups excluding carboxylic acids is 2. The van der Waals surface area contributed by atoms with Crippen molar-refractivity contribution in [1.82, 2.24) is 10.6 Å². The van der Waals surface area contributed by atoms with Crippen molar-refractivity contribution in [2.24, 2.45) is 0 Å². The van der Waals surface area contributed by atoms with Crippen LogP contribution < -0.4 is 10.6 Å². The lowest BCUT2D eigenvalue weighted by molar-refractivity contribution is -0.131. The van der Waals surface area contributed by atoms with E-state index in [1.807, 2.05) is 0 Å². The molecule has 0 saturated carbocycles. The molecule has 1 aliphatic heterocycles. The van der Waals surface area contributed by atoms with Crippen LogP contribution in [0.25, 0.3) is 0 Å². The number of amides is 2. The predicted molar refractivity (Wildman–Crippen MR) is 74.1 cm³/mol. The normalized spacial score (nSPS) is 18.8. The van der Waals surface area contributed by atoms with Crippen LogP contribution in [0.1, 0.15) is 24.8 Å². The minimum atomic E-state index is -0.434. The highest BCUT2D eigenvalue weighted by molar-refractivity contribution is 6.34. The van der Waals surface area contributed by atoms with E-state index in [1.54, 1.807) is 18.2 Å². The van der Waals surface area contributed by atoms with Crippen LogP contribution in [0, 0.1) is 0 Å². The number of piperidine rings is 1. The molecule has 2 rings (SSSR count). The molecule has 2 amide bonds. The van der Waals surface area contributed by atoms with Gasteiger partial charge in [0.05, 0.1) is 0 Å². The summed E-state index contributed by atoms with van der Waals surface area (Å²) < 4.78 is 0. The zero-order valence-corrected chi connectivity index (χ0v) is 11.7. The van der Waals surface area contributed by atoms with Gasteiger partial charge in [0.15, 0.2) is 0 Å². The van der Waals surface area contributed by atoms with Gasteiger partial charge in [-0.25, -0.2) is 0 Å². The fraction of sp³-hybridized carbons (Fsp3) is 0.385. The zero-order chi connectivity index (χ0) is 13.8. The molecule has 1 heterocycles. The Kier molecular flexibility index (Phi) is 4.66. The summed E-state index contributed by atoms with van der Waals surface area (Å²) in [6.07, 6.45) is 1.91. The van der Waals surface area contributed by atoms with Crippen molar-refractivity contribution >= 4 is 35.0 Å². The monoisotopic (exact) mass is 300 g/mol. The van der Waals surface area contributed by atoms with E-state index in [9.17, 15) is 9.59 Å². The average Bonchev–Trinajstić information content (AvgIpc) is 2.35. The molecule has 4 nitrogen and oxygen atoms in total. The van der Waals surface area contributed by atoms with Gasteiger partial charge in [0.25, 0.3) is 0 Å². The van der Waals surface area contributed by atoms with Crippen LogP contribution in [0.4, 0.5) is 0 Å². The SMILES string of the molecule is O=C1CCC[C@H](C(=O)NCc2cc(Cl)cc(Cl)c2)N1. The van der Waals surface area contributed by atoms with Gasteiger partial charge in [-0.3, -0.25) is 9.59 Å². The van der Waals surface area contributed by atoms with Crippen molar-refractivity contribution in [3.63, 3.8) is 0 Å². The van der Waals surface area contributed by atoms with Gasteiger partial charge >= 0.3 is 0 Å². The smallest absolute Gasteiger partial charge is 0.242 e. The van der Waals surface area contributed by atoms with Crippen molar-refractivity contribution in [3.8, 4) is 0 Å². The number of rotatable bonds is 3. The Bertz CT molecular complexity index is 485. The summed E-state index contributed by atoms with van der Waals surface area (Å²) in [5.74, 6) is -0.249. The summed E-state index contributed by atoms with van der Waals surface area (Å²) in [7, 11) is 0. The molecular weight excluding hydrogens is 287 g/mol. The van der Waals surface area contributed by atoms with E-state index in [0.29, 0.717) is 29.4 Å². The highest BCUT2D eigenvalue weighted by atomic mass is 35.5. The van der Waals surface area contributed by atoms with E-state index in [-0.39, 0.29) is 11.8 Å². The Morgan fingerprint density at radius 2 is 2.00 bits per heavy atom. The van der Waals surface area contributed by atoms with E-state index < -0.39 is 6.04 Å². The van der Waals surface area contributed by atoms with E-state index in [4.69, 9.17) is 23.2 Å². The maximum Gasteiger partial charge on any atom is 0.242 e. The number of nitrogens with one attached hydrogen (secondary N) is 2. The molecule has 0 spiro atoms. The Labute approximate surface area is 121 Å². The number of hydrogen-bond donors (Lipinski definition) is 2. The summed E-state index contributed by atoms with van der Waals surface area (Å²) >= 11 is 11.8. The molecule has 0 aliphatic carbocycles. The highest BCUT2D eigenvalue weighted by Gasteiger charge is 2.24. The van der Waals surface area contributed by atoms with Crippen molar-refractivity contribution in [3.05, 3.63) is 33.8 Å². The summed E-state index contributed by atoms with van der Waals surface area (Å²) in [5.41, 5.74) is 0.827. The Morgan fingerprint density at radius 1 is 1.32 bits per heavy atom. The third-order valence-electron chi connectivity index (χ3n) is 2.94. The topological polar surface area (TPSA) is 58.2 Å². The lowest BCUT2D eigenvalue weighted by atomic mass is 10.0. The summed E-state index contributed by atoms with van der Waals surface area (Å²) in [6.45, 7) is 0.339. The van der Waals surface area contributed by atoms with E-state index in [2.05, 4.69) is 10.6 Å². The second-order valence-corrected chi connectivity index (χ2v) is 5.38. The number of hydrogen-bond acceptors (Lipinski definition) is 2. The van der Waals surface area contributed by atoms with Gasteiger partial charge in [0.2, 0.25) is 11.8 Å². The van der Waals surface area contributed by atoms with Crippen molar-refractivity contribution in [2.45, 2.75) is 31.8 Å². The molecular formula is C13H14Cl2N2O2. The zero-order valence-electron chi connectivity index (χ0n) is 10.2. The third kappa shape index (κ3) is 4.11. The predicted octanol–water partition coefficient (Wildman–Crippen LogP) is 2.28. The van der Waals surface area contributed by atoms with Crippen molar-refractivity contribution < 1.29 is 9.59 Å². The summed E-state index contributed by atoms with van der Waals surface area (Å²) in [4.78, 5) is 23.1. The Balaban J connectivity index is 1.90. The van der Waals surface area contributed by atoms with Gasteiger partial charge in [0.1, 0.15) is 6.04 Å². The second kappa shape index (κ2) is 6.26. The highest BCUT2D eigenvalue weighted by Crippen LogP contribution is 2.19. The minimum absolute atomic E-state index is 0.0720. The molecule has 1 saturated heterocycles. The number of carbonyl (C=O) groups is 2. The van der Waals surface area contributed by atoms with Crippen LogP contribution in [0.2, 0.25) is 10.0 Å². The van der Waals surface area contributed by atoms with Gasteiger partial charge in [-0.05, 0) is 36.6 Å². The molecule has 0 aromatic heterocycles. The van der Waals surface area contributed by atoms with E-state index in [0.717, 1.165) is 12.0 Å². The number of halogens is 2. The van der Waals surface area contributed by atoms with Gasteiger partial charge in [-0.2, -0.15) is 0 Å². The molecule has 1 fully saturated rings. The fourth-order valence-electron chi connectivity index (χ4n) is 2.03. The molecule has 6 heteroatoms. The molecule has 1 aromatic rings. The summed E-state index contributed by atoms with van der Waals surface area (Å²) in [6, 6.07) is 4.69. The molecule has 1 aliphatic rings. The first kappa shape index (κ1) is 14.2. The molecule has 1 aromatic carbocycles. The quantitative estimate of drug-likeness (QED) is 0.900. The molecule has 1 atom stereocenters. The van der Waals surface area contributed by atoms with Gasteiger partial charge < -0.3 is 10.6 Å². The van der Waals surface area contributed by atoms with Crippen molar-refractivity contribution in [1.29, 1.82) is 0 Å². The summed E-state index contributed by atoms with van der Waals surface area (Å²) in [5, 5.41) is 6.51. The molecule has 102 valence electrons. The van der Waals surface area contributed by atoms with Gasteiger partial charge in [-0.15, -0.1) is 0 Å². The fourth-order valence-corrected chi connectivity index (χ4v) is 2.60. The third-order valence-corrected chi connectivity index (χ3v) is 3.37. The van der Waals surface area contributed by atoms with Crippen LogP contribution in [-0.4, -0.2) is 17.9 Å². The van der Waals surface area contributed by atoms with Crippen molar-refractivity contribution in [2.75, 3.05) is 0 Å². The largest absolute Gasteiger partial charge is 0.350 e. The van der Waals surface area contributed by atoms with Crippen LogP contribution in [0.5, 0.6) is 0 Å². The van der Waals surface area contributed by atoms with Gasteiger partial charge in [-0.1, -0.05) is 23.2 Å². The minimum Gasteiger partial charge on any atom is -0.350 e. The van der Waals surface area contributed by atoms with Crippen LogP contribution in [0.3, 0.4) is 0 Å². The standard InChI is InChI=1S/C13H14Cl2N2O2/c14-9-4-8(5-10(15)6-9)7-16-13(19)11-2-1-3-12(18)17-11/h4-6,11H,1-3,7H2,(H,16,19)(H,17,18)/t11-/m1/s1. The average molecular weight is 301 g/mol. The first-order valence-corrected chi connectivity index (χ1v) is 6.82. The maximum atomic E-state index is 11.9. The van der Waals surface area contributed by atoms with Gasteiger partial charge in [0, 0.05) is 23.0 Å². The molecule has 2 N–H and O–H groups in total.